The lowest BCUT2D eigenvalue weighted by Crippen LogP contribution is -2.27. The second-order valence-corrected chi connectivity index (χ2v) is 5.13. The van der Waals surface area contributed by atoms with Crippen LogP contribution in [0.25, 0.3) is 0 Å². The van der Waals surface area contributed by atoms with Gasteiger partial charge in [-0.25, -0.2) is 4.79 Å². The van der Waals surface area contributed by atoms with Gasteiger partial charge >= 0.3 is 5.97 Å². The smallest absolute Gasteiger partial charge is 0.330 e. The molecule has 96 valence electrons. The molecule has 0 aromatic rings. The van der Waals surface area contributed by atoms with E-state index in [4.69, 9.17) is 9.47 Å². The minimum atomic E-state index is -0.367. The van der Waals surface area contributed by atoms with E-state index in [0.29, 0.717) is 19.3 Å². The van der Waals surface area contributed by atoms with Crippen molar-refractivity contribution in [1.29, 1.82) is 0 Å². The topological polar surface area (TPSA) is 35.5 Å². The van der Waals surface area contributed by atoms with Gasteiger partial charge in [-0.1, -0.05) is 25.8 Å². The lowest BCUT2D eigenvalue weighted by Gasteiger charge is -2.31. The molecule has 3 nitrogen and oxygen atoms in total. The van der Waals surface area contributed by atoms with E-state index in [9.17, 15) is 4.79 Å². The molecule has 0 saturated heterocycles. The van der Waals surface area contributed by atoms with Crippen molar-refractivity contribution < 1.29 is 14.3 Å². The third kappa shape index (κ3) is 3.56. The Hall–Kier alpha value is -0.830. The Morgan fingerprint density at radius 2 is 2.00 bits per heavy atom. The summed E-state index contributed by atoms with van der Waals surface area (Å²) >= 11 is 0. The average molecular weight is 238 g/mol. The molecule has 0 heterocycles. The maximum absolute atomic E-state index is 10.8. The number of rotatable bonds is 5. The summed E-state index contributed by atoms with van der Waals surface area (Å²) in [6.45, 7) is 4.21. The summed E-state index contributed by atoms with van der Waals surface area (Å²) in [4.78, 5) is 10.8. The van der Waals surface area contributed by atoms with Crippen LogP contribution in [0.2, 0.25) is 0 Å². The van der Waals surface area contributed by atoms with E-state index in [1.807, 2.05) is 0 Å². The minimum Gasteiger partial charge on any atom is -0.460 e. The summed E-state index contributed by atoms with van der Waals surface area (Å²) in [6.07, 6.45) is 9.49. The van der Waals surface area contributed by atoms with Crippen molar-refractivity contribution in [3.8, 4) is 0 Å². The number of ether oxygens (including phenoxy) is 2. The van der Waals surface area contributed by atoms with Gasteiger partial charge in [-0.2, -0.15) is 0 Å². The zero-order valence-electron chi connectivity index (χ0n) is 10.4. The molecule has 17 heavy (non-hydrogen) atoms. The number of hydrogen-bond acceptors (Lipinski definition) is 3. The summed E-state index contributed by atoms with van der Waals surface area (Å²) in [7, 11) is 0. The van der Waals surface area contributed by atoms with E-state index in [-0.39, 0.29) is 5.97 Å². The number of carbonyl (C=O) groups is 1. The van der Waals surface area contributed by atoms with Crippen LogP contribution in [0.1, 0.15) is 38.5 Å². The Balaban J connectivity index is 1.60. The highest BCUT2D eigenvalue weighted by Gasteiger charge is 2.33. The number of fused-ring (bicyclic) bond motifs is 1. The largest absolute Gasteiger partial charge is 0.460 e. The van der Waals surface area contributed by atoms with Gasteiger partial charge in [-0.15, -0.1) is 0 Å². The highest BCUT2D eigenvalue weighted by atomic mass is 16.6. The van der Waals surface area contributed by atoms with Crippen LogP contribution in [0.5, 0.6) is 0 Å². The van der Waals surface area contributed by atoms with E-state index < -0.39 is 0 Å². The van der Waals surface area contributed by atoms with Gasteiger partial charge in [-0.05, 0) is 31.1 Å². The molecule has 0 aromatic carbocycles. The molecule has 0 N–H and O–H groups in total. The molecule has 2 aliphatic rings. The predicted molar refractivity (Wildman–Crippen MR) is 65.6 cm³/mol. The van der Waals surface area contributed by atoms with Crippen LogP contribution in [0.15, 0.2) is 12.7 Å². The molecule has 2 rings (SSSR count). The van der Waals surface area contributed by atoms with Gasteiger partial charge in [0, 0.05) is 6.08 Å². The van der Waals surface area contributed by atoms with Crippen LogP contribution in [-0.2, 0) is 14.3 Å². The van der Waals surface area contributed by atoms with Crippen molar-refractivity contribution in [2.24, 2.45) is 11.8 Å². The fourth-order valence-corrected chi connectivity index (χ4v) is 3.23. The van der Waals surface area contributed by atoms with Crippen molar-refractivity contribution in [1.82, 2.24) is 0 Å². The third-order valence-corrected chi connectivity index (χ3v) is 4.09. The summed E-state index contributed by atoms with van der Waals surface area (Å²) in [6, 6.07) is 0. The molecule has 0 spiro atoms. The molecule has 0 bridgehead atoms. The van der Waals surface area contributed by atoms with Crippen LogP contribution in [-0.4, -0.2) is 25.3 Å². The van der Waals surface area contributed by atoms with E-state index in [0.717, 1.165) is 11.8 Å². The number of carbonyl (C=O) groups excluding carboxylic acids is 1. The predicted octanol–water partition coefficient (Wildman–Crippen LogP) is 2.70. The zero-order valence-corrected chi connectivity index (χ0v) is 10.4. The van der Waals surface area contributed by atoms with E-state index in [1.54, 1.807) is 0 Å². The first-order valence-electron chi connectivity index (χ1n) is 6.70. The average Bonchev–Trinajstić information content (AvgIpc) is 2.81. The van der Waals surface area contributed by atoms with Gasteiger partial charge in [0.25, 0.3) is 0 Å². The Morgan fingerprint density at radius 3 is 2.82 bits per heavy atom. The molecular formula is C14H22O3. The molecule has 2 aliphatic carbocycles. The van der Waals surface area contributed by atoms with Crippen molar-refractivity contribution in [2.45, 2.75) is 44.6 Å². The molecule has 2 fully saturated rings. The highest BCUT2D eigenvalue weighted by Crippen LogP contribution is 2.42. The molecule has 2 saturated carbocycles. The fourth-order valence-electron chi connectivity index (χ4n) is 3.23. The number of hydrogen-bond donors (Lipinski definition) is 0. The normalized spacial score (nSPS) is 31.9. The lowest BCUT2D eigenvalue weighted by molar-refractivity contribution is -0.140. The number of esters is 1. The molecule has 3 heteroatoms. The van der Waals surface area contributed by atoms with Crippen molar-refractivity contribution >= 4 is 5.97 Å². The SMILES string of the molecule is C=CC(=O)OCCOC1CCC2CCCC2C1. The molecule has 3 unspecified atom stereocenters. The van der Waals surface area contributed by atoms with E-state index in [2.05, 4.69) is 6.58 Å². The first-order valence-corrected chi connectivity index (χ1v) is 6.70. The monoisotopic (exact) mass is 238 g/mol. The molecule has 0 amide bonds. The zero-order chi connectivity index (χ0) is 12.1. The molecule has 3 atom stereocenters. The summed E-state index contributed by atoms with van der Waals surface area (Å²) in [5, 5.41) is 0. The van der Waals surface area contributed by atoms with Crippen molar-refractivity contribution in [3.63, 3.8) is 0 Å². The van der Waals surface area contributed by atoms with Gasteiger partial charge in [0.2, 0.25) is 0 Å². The van der Waals surface area contributed by atoms with Crippen molar-refractivity contribution in [3.05, 3.63) is 12.7 Å². The van der Waals surface area contributed by atoms with Gasteiger partial charge in [0.15, 0.2) is 0 Å². The highest BCUT2D eigenvalue weighted by molar-refractivity contribution is 5.81. The van der Waals surface area contributed by atoms with Crippen LogP contribution in [0, 0.1) is 11.8 Å². The summed E-state index contributed by atoms with van der Waals surface area (Å²) in [5.74, 6) is 1.49. The first-order chi connectivity index (χ1) is 8.29. The van der Waals surface area contributed by atoms with E-state index in [1.165, 1.54) is 44.6 Å². The van der Waals surface area contributed by atoms with Gasteiger partial charge in [-0.3, -0.25) is 0 Å². The van der Waals surface area contributed by atoms with Gasteiger partial charge in [0.05, 0.1) is 12.7 Å². The summed E-state index contributed by atoms with van der Waals surface area (Å²) < 4.78 is 10.7. The molecule has 0 radical (unpaired) electrons. The Labute approximate surface area is 103 Å². The maximum atomic E-state index is 10.8. The Bertz CT molecular complexity index is 275. The first kappa shape index (κ1) is 12.6. The third-order valence-electron chi connectivity index (χ3n) is 4.09. The van der Waals surface area contributed by atoms with Crippen LogP contribution >= 0.6 is 0 Å². The van der Waals surface area contributed by atoms with Gasteiger partial charge in [0.1, 0.15) is 6.61 Å². The fraction of sp³-hybridized carbons (Fsp3) is 0.786. The van der Waals surface area contributed by atoms with Crippen molar-refractivity contribution in [2.75, 3.05) is 13.2 Å². The molecular weight excluding hydrogens is 216 g/mol. The lowest BCUT2D eigenvalue weighted by atomic mass is 9.80. The second kappa shape index (κ2) is 6.20. The standard InChI is InChI=1S/C14H22O3/c1-2-14(15)17-9-8-16-13-7-6-11-4-3-5-12(11)10-13/h2,11-13H,1,3-10H2. The van der Waals surface area contributed by atoms with Gasteiger partial charge < -0.3 is 9.47 Å². The van der Waals surface area contributed by atoms with E-state index >= 15 is 0 Å². The molecule has 0 aliphatic heterocycles. The Morgan fingerprint density at radius 1 is 1.18 bits per heavy atom. The second-order valence-electron chi connectivity index (χ2n) is 5.13. The molecule has 0 aromatic heterocycles. The van der Waals surface area contributed by atoms with Crippen LogP contribution in [0.4, 0.5) is 0 Å². The van der Waals surface area contributed by atoms with Crippen LogP contribution < -0.4 is 0 Å². The maximum Gasteiger partial charge on any atom is 0.330 e. The minimum absolute atomic E-state index is 0.343. The van der Waals surface area contributed by atoms with Crippen LogP contribution in [0.3, 0.4) is 0 Å². The quantitative estimate of drug-likeness (QED) is 0.419. The summed E-state index contributed by atoms with van der Waals surface area (Å²) in [5.41, 5.74) is 0. The Kier molecular flexibility index (Phi) is 4.60.